The van der Waals surface area contributed by atoms with Crippen LogP contribution < -0.4 is 0 Å². The highest BCUT2D eigenvalue weighted by Gasteiger charge is 2.11. The standard InChI is InChI=1S/C12H13IO4/c1-2-16-11(14)7-8-17-12(15)9-5-3-4-6-10(9)13/h3-6H,2,7-8H2,1H3. The third-order valence-electron chi connectivity index (χ3n) is 1.94. The average Bonchev–Trinajstić information content (AvgIpc) is 2.29. The number of benzene rings is 1. The Morgan fingerprint density at radius 3 is 2.59 bits per heavy atom. The molecule has 0 saturated carbocycles. The number of halogens is 1. The maximum absolute atomic E-state index is 11.6. The van der Waals surface area contributed by atoms with E-state index in [1.54, 1.807) is 19.1 Å². The second kappa shape index (κ2) is 7.26. The van der Waals surface area contributed by atoms with Gasteiger partial charge >= 0.3 is 11.9 Å². The second-order valence-corrected chi connectivity index (χ2v) is 4.33. The smallest absolute Gasteiger partial charge is 0.339 e. The molecule has 0 aliphatic heterocycles. The van der Waals surface area contributed by atoms with E-state index in [2.05, 4.69) is 22.6 Å². The van der Waals surface area contributed by atoms with Gasteiger partial charge < -0.3 is 9.47 Å². The largest absolute Gasteiger partial charge is 0.466 e. The fourth-order valence-corrected chi connectivity index (χ4v) is 1.77. The fourth-order valence-electron chi connectivity index (χ4n) is 1.16. The predicted molar refractivity (Wildman–Crippen MR) is 70.7 cm³/mol. The van der Waals surface area contributed by atoms with Gasteiger partial charge in [0.25, 0.3) is 0 Å². The summed E-state index contributed by atoms with van der Waals surface area (Å²) in [6.07, 6.45) is 0.0863. The van der Waals surface area contributed by atoms with E-state index in [0.29, 0.717) is 12.2 Å². The maximum Gasteiger partial charge on any atom is 0.339 e. The van der Waals surface area contributed by atoms with Gasteiger partial charge in [-0.15, -0.1) is 0 Å². The van der Waals surface area contributed by atoms with Gasteiger partial charge in [-0.05, 0) is 41.6 Å². The average molecular weight is 348 g/mol. The molecule has 0 aromatic heterocycles. The molecule has 0 aliphatic rings. The van der Waals surface area contributed by atoms with Crippen molar-refractivity contribution in [3.63, 3.8) is 0 Å². The van der Waals surface area contributed by atoms with Crippen LogP contribution >= 0.6 is 22.6 Å². The highest BCUT2D eigenvalue weighted by atomic mass is 127. The number of esters is 2. The van der Waals surface area contributed by atoms with Crippen LogP contribution in [-0.2, 0) is 14.3 Å². The predicted octanol–water partition coefficient (Wildman–Crippen LogP) is 2.40. The Hall–Kier alpha value is -1.11. The van der Waals surface area contributed by atoms with Crippen LogP contribution in [0, 0.1) is 3.57 Å². The Morgan fingerprint density at radius 2 is 1.94 bits per heavy atom. The minimum Gasteiger partial charge on any atom is -0.466 e. The van der Waals surface area contributed by atoms with Crippen molar-refractivity contribution in [3.8, 4) is 0 Å². The topological polar surface area (TPSA) is 52.6 Å². The van der Waals surface area contributed by atoms with Crippen LogP contribution in [-0.4, -0.2) is 25.2 Å². The van der Waals surface area contributed by atoms with Crippen molar-refractivity contribution in [3.05, 3.63) is 33.4 Å². The molecular weight excluding hydrogens is 335 g/mol. The first-order valence-electron chi connectivity index (χ1n) is 5.22. The van der Waals surface area contributed by atoms with Crippen molar-refractivity contribution in [2.45, 2.75) is 13.3 Å². The van der Waals surface area contributed by atoms with Crippen LogP contribution in [0.4, 0.5) is 0 Å². The number of ether oxygens (including phenoxy) is 2. The van der Waals surface area contributed by atoms with Gasteiger partial charge in [0.15, 0.2) is 0 Å². The molecule has 0 unspecified atom stereocenters. The zero-order valence-electron chi connectivity index (χ0n) is 9.44. The lowest BCUT2D eigenvalue weighted by Crippen LogP contribution is -2.12. The van der Waals surface area contributed by atoms with Crippen molar-refractivity contribution in [2.75, 3.05) is 13.2 Å². The molecule has 1 rings (SSSR count). The van der Waals surface area contributed by atoms with Gasteiger partial charge in [0.2, 0.25) is 0 Å². The summed E-state index contributed by atoms with van der Waals surface area (Å²) in [5.41, 5.74) is 0.511. The van der Waals surface area contributed by atoms with Crippen molar-refractivity contribution < 1.29 is 19.1 Å². The molecule has 0 N–H and O–H groups in total. The van der Waals surface area contributed by atoms with E-state index in [1.165, 1.54) is 0 Å². The number of hydrogen-bond donors (Lipinski definition) is 0. The summed E-state index contributed by atoms with van der Waals surface area (Å²) < 4.78 is 10.5. The molecule has 0 bridgehead atoms. The zero-order chi connectivity index (χ0) is 12.7. The van der Waals surface area contributed by atoms with Crippen molar-refractivity contribution >= 4 is 34.5 Å². The SMILES string of the molecule is CCOC(=O)CCOC(=O)c1ccccc1I. The van der Waals surface area contributed by atoms with E-state index in [9.17, 15) is 9.59 Å². The summed E-state index contributed by atoms with van der Waals surface area (Å²) in [5, 5.41) is 0. The minimum absolute atomic E-state index is 0.0443. The molecule has 0 heterocycles. The molecule has 0 atom stereocenters. The highest BCUT2D eigenvalue weighted by molar-refractivity contribution is 14.1. The van der Waals surface area contributed by atoms with Gasteiger partial charge in [-0.3, -0.25) is 4.79 Å². The van der Waals surface area contributed by atoms with E-state index < -0.39 is 5.97 Å². The molecule has 4 nitrogen and oxygen atoms in total. The van der Waals surface area contributed by atoms with Crippen LogP contribution in [0.2, 0.25) is 0 Å². The van der Waals surface area contributed by atoms with E-state index in [4.69, 9.17) is 9.47 Å². The van der Waals surface area contributed by atoms with Gasteiger partial charge in [-0.2, -0.15) is 0 Å². The zero-order valence-corrected chi connectivity index (χ0v) is 11.6. The van der Waals surface area contributed by atoms with E-state index in [-0.39, 0.29) is 19.0 Å². The van der Waals surface area contributed by atoms with Crippen LogP contribution in [0.15, 0.2) is 24.3 Å². The van der Waals surface area contributed by atoms with Gasteiger partial charge in [0.05, 0.1) is 18.6 Å². The second-order valence-electron chi connectivity index (χ2n) is 3.17. The molecule has 0 aliphatic carbocycles. The third kappa shape index (κ3) is 4.72. The van der Waals surface area contributed by atoms with Gasteiger partial charge in [0.1, 0.15) is 6.61 Å². The van der Waals surface area contributed by atoms with Gasteiger partial charge in [-0.25, -0.2) is 4.79 Å². The lowest BCUT2D eigenvalue weighted by Gasteiger charge is -2.05. The Labute approximate surface area is 113 Å². The molecular formula is C12H13IO4. The molecule has 1 aromatic carbocycles. The summed E-state index contributed by atoms with van der Waals surface area (Å²) in [6.45, 7) is 2.11. The summed E-state index contributed by atoms with van der Waals surface area (Å²) in [5.74, 6) is -0.776. The lowest BCUT2D eigenvalue weighted by molar-refractivity contribution is -0.143. The first-order chi connectivity index (χ1) is 8.15. The molecule has 0 amide bonds. The monoisotopic (exact) mass is 348 g/mol. The third-order valence-corrected chi connectivity index (χ3v) is 2.88. The molecule has 0 radical (unpaired) electrons. The molecule has 0 saturated heterocycles. The van der Waals surface area contributed by atoms with Crippen molar-refractivity contribution in [2.24, 2.45) is 0 Å². The number of carbonyl (C=O) groups is 2. The summed E-state index contributed by atoms with van der Waals surface area (Å²) in [6, 6.07) is 7.12. The Bertz CT molecular complexity index is 403. The number of carbonyl (C=O) groups excluding carboxylic acids is 2. The normalized spacial score (nSPS) is 9.76. The summed E-state index contributed by atoms with van der Waals surface area (Å²) in [7, 11) is 0. The van der Waals surface area contributed by atoms with E-state index in [0.717, 1.165) is 3.57 Å². The first kappa shape index (κ1) is 14.0. The van der Waals surface area contributed by atoms with Crippen molar-refractivity contribution in [1.82, 2.24) is 0 Å². The maximum atomic E-state index is 11.6. The molecule has 0 spiro atoms. The molecule has 5 heteroatoms. The van der Waals surface area contributed by atoms with Crippen LogP contribution in [0.3, 0.4) is 0 Å². The van der Waals surface area contributed by atoms with Crippen LogP contribution in [0.5, 0.6) is 0 Å². The fraction of sp³-hybridized carbons (Fsp3) is 0.333. The van der Waals surface area contributed by atoms with E-state index >= 15 is 0 Å². The first-order valence-corrected chi connectivity index (χ1v) is 6.30. The Morgan fingerprint density at radius 1 is 1.24 bits per heavy atom. The quantitative estimate of drug-likeness (QED) is 0.606. The van der Waals surface area contributed by atoms with Crippen LogP contribution in [0.1, 0.15) is 23.7 Å². The number of hydrogen-bond acceptors (Lipinski definition) is 4. The van der Waals surface area contributed by atoms with Gasteiger partial charge in [0, 0.05) is 3.57 Å². The number of rotatable bonds is 5. The van der Waals surface area contributed by atoms with Crippen LogP contribution in [0.25, 0.3) is 0 Å². The van der Waals surface area contributed by atoms with Gasteiger partial charge in [-0.1, -0.05) is 12.1 Å². The molecule has 0 fully saturated rings. The van der Waals surface area contributed by atoms with Crippen molar-refractivity contribution in [1.29, 1.82) is 0 Å². The molecule has 1 aromatic rings. The lowest BCUT2D eigenvalue weighted by atomic mass is 10.2. The Balaban J connectivity index is 2.41. The highest BCUT2D eigenvalue weighted by Crippen LogP contribution is 2.12. The Kier molecular flexibility index (Phi) is 5.96. The molecule has 92 valence electrons. The van der Waals surface area contributed by atoms with E-state index in [1.807, 2.05) is 12.1 Å². The summed E-state index contributed by atoms with van der Waals surface area (Å²) >= 11 is 2.06. The summed E-state index contributed by atoms with van der Waals surface area (Å²) in [4.78, 5) is 22.6. The minimum atomic E-state index is -0.417. The molecule has 17 heavy (non-hydrogen) atoms.